The molecule has 0 aliphatic rings. The Hall–Kier alpha value is -5.36. The van der Waals surface area contributed by atoms with Gasteiger partial charge in [0.15, 0.2) is 11.5 Å². The SMILES string of the molecule is C=C(C)C(=O)Oc1ccc(CCC(=O)Oc2ccc(-c3ccc4cc(-c5ccc(OC)cc5)ccc4c3)cc2)cc1OC. The zero-order chi connectivity index (χ0) is 30.3. The van der Waals surface area contributed by atoms with Crippen molar-refractivity contribution in [2.45, 2.75) is 19.8 Å². The topological polar surface area (TPSA) is 71.1 Å². The number of aryl methyl sites for hydroxylation is 1. The molecule has 0 bridgehead atoms. The highest BCUT2D eigenvalue weighted by atomic mass is 16.6. The quantitative estimate of drug-likeness (QED) is 0.0954. The van der Waals surface area contributed by atoms with Crippen molar-refractivity contribution in [3.63, 3.8) is 0 Å². The minimum Gasteiger partial charge on any atom is -0.497 e. The lowest BCUT2D eigenvalue weighted by Gasteiger charge is -2.11. The van der Waals surface area contributed by atoms with Gasteiger partial charge in [0.2, 0.25) is 0 Å². The first-order valence-corrected chi connectivity index (χ1v) is 13.9. The van der Waals surface area contributed by atoms with Crippen molar-refractivity contribution in [3.05, 3.63) is 121 Å². The molecule has 0 amide bonds. The van der Waals surface area contributed by atoms with E-state index in [0.29, 0.717) is 29.2 Å². The molecule has 0 unspecified atom stereocenters. The van der Waals surface area contributed by atoms with Gasteiger partial charge in [0, 0.05) is 12.0 Å². The van der Waals surface area contributed by atoms with Gasteiger partial charge in [-0.2, -0.15) is 0 Å². The maximum atomic E-state index is 12.6. The Kier molecular flexibility index (Phi) is 8.87. The molecule has 5 aromatic carbocycles. The Morgan fingerprint density at radius 3 is 1.70 bits per heavy atom. The second kappa shape index (κ2) is 13.1. The van der Waals surface area contributed by atoms with Gasteiger partial charge in [0.05, 0.1) is 14.2 Å². The van der Waals surface area contributed by atoms with Crippen molar-refractivity contribution in [2.75, 3.05) is 14.2 Å². The van der Waals surface area contributed by atoms with Gasteiger partial charge < -0.3 is 18.9 Å². The van der Waals surface area contributed by atoms with Gasteiger partial charge in [-0.3, -0.25) is 4.79 Å². The van der Waals surface area contributed by atoms with Crippen molar-refractivity contribution in [3.8, 4) is 45.3 Å². The fourth-order valence-corrected chi connectivity index (χ4v) is 4.67. The van der Waals surface area contributed by atoms with Gasteiger partial charge in [0.25, 0.3) is 0 Å². The Morgan fingerprint density at radius 1 is 0.605 bits per heavy atom. The van der Waals surface area contributed by atoms with Gasteiger partial charge in [-0.05, 0) is 100 Å². The van der Waals surface area contributed by atoms with E-state index in [1.54, 1.807) is 44.4 Å². The molecule has 0 heterocycles. The summed E-state index contributed by atoms with van der Waals surface area (Å²) in [5.41, 5.74) is 5.53. The summed E-state index contributed by atoms with van der Waals surface area (Å²) in [6, 6.07) is 33.6. The predicted molar refractivity (Wildman–Crippen MR) is 169 cm³/mol. The highest BCUT2D eigenvalue weighted by Gasteiger charge is 2.13. The van der Waals surface area contributed by atoms with E-state index >= 15 is 0 Å². The highest BCUT2D eigenvalue weighted by Crippen LogP contribution is 2.31. The molecule has 0 aliphatic heterocycles. The zero-order valence-electron chi connectivity index (χ0n) is 24.4. The second-order valence-electron chi connectivity index (χ2n) is 10.2. The average molecular weight is 573 g/mol. The molecule has 0 spiro atoms. The maximum absolute atomic E-state index is 12.6. The van der Waals surface area contributed by atoms with Gasteiger partial charge in [-0.1, -0.05) is 61.2 Å². The number of hydrogen-bond donors (Lipinski definition) is 0. The zero-order valence-corrected chi connectivity index (χ0v) is 24.4. The van der Waals surface area contributed by atoms with Crippen molar-refractivity contribution in [1.82, 2.24) is 0 Å². The van der Waals surface area contributed by atoms with Gasteiger partial charge >= 0.3 is 11.9 Å². The molecule has 5 rings (SSSR count). The molecule has 0 aliphatic carbocycles. The maximum Gasteiger partial charge on any atom is 0.338 e. The molecule has 43 heavy (non-hydrogen) atoms. The number of rotatable bonds is 10. The third kappa shape index (κ3) is 7.11. The van der Waals surface area contributed by atoms with Crippen LogP contribution in [0.15, 0.2) is 115 Å². The van der Waals surface area contributed by atoms with Crippen molar-refractivity contribution < 1.29 is 28.5 Å². The summed E-state index contributed by atoms with van der Waals surface area (Å²) in [5, 5.41) is 2.30. The van der Waals surface area contributed by atoms with Crippen molar-refractivity contribution in [1.29, 1.82) is 0 Å². The van der Waals surface area contributed by atoms with Gasteiger partial charge in [-0.25, -0.2) is 4.79 Å². The molecule has 216 valence electrons. The van der Waals surface area contributed by atoms with Crippen LogP contribution in [0, 0.1) is 0 Å². The van der Waals surface area contributed by atoms with E-state index in [1.807, 2.05) is 24.3 Å². The molecular weight excluding hydrogens is 540 g/mol. The van der Waals surface area contributed by atoms with E-state index < -0.39 is 5.97 Å². The van der Waals surface area contributed by atoms with E-state index in [1.165, 1.54) is 7.11 Å². The first kappa shape index (κ1) is 29.1. The van der Waals surface area contributed by atoms with Crippen LogP contribution in [0.5, 0.6) is 23.0 Å². The fourth-order valence-electron chi connectivity index (χ4n) is 4.67. The molecule has 0 fully saturated rings. The lowest BCUT2D eigenvalue weighted by atomic mass is 9.97. The standard InChI is InChI=1S/C37H32O6/c1-24(2)37(39)43-34-19-5-25(21-35(34)41-4)6-20-36(38)42-33-17-13-27(14-18-33)29-8-10-30-22-28(7-9-31(30)23-29)26-11-15-32(40-3)16-12-26/h5,7-19,21-23H,1,6,20H2,2-4H3. The summed E-state index contributed by atoms with van der Waals surface area (Å²) in [6.45, 7) is 5.16. The number of carbonyl (C=O) groups is 2. The predicted octanol–water partition coefficient (Wildman–Crippen LogP) is 8.21. The van der Waals surface area contributed by atoms with Crippen molar-refractivity contribution >= 4 is 22.7 Å². The number of methoxy groups -OCH3 is 2. The van der Waals surface area contributed by atoms with Crippen LogP contribution in [0.3, 0.4) is 0 Å². The normalized spacial score (nSPS) is 10.7. The van der Waals surface area contributed by atoms with E-state index in [0.717, 1.165) is 44.3 Å². The van der Waals surface area contributed by atoms with Crippen LogP contribution >= 0.6 is 0 Å². The molecule has 0 saturated heterocycles. The van der Waals surface area contributed by atoms with Crippen LogP contribution in [-0.4, -0.2) is 26.2 Å². The number of esters is 2. The van der Waals surface area contributed by atoms with Crippen LogP contribution in [-0.2, 0) is 16.0 Å². The van der Waals surface area contributed by atoms with Crippen molar-refractivity contribution in [2.24, 2.45) is 0 Å². The fraction of sp³-hybridized carbons (Fsp3) is 0.135. The Bertz CT molecular complexity index is 1790. The number of carbonyl (C=O) groups excluding carboxylic acids is 2. The van der Waals surface area contributed by atoms with Gasteiger partial charge in [0.1, 0.15) is 11.5 Å². The number of ether oxygens (including phenoxy) is 4. The molecule has 0 saturated carbocycles. The van der Waals surface area contributed by atoms with E-state index in [9.17, 15) is 9.59 Å². The molecule has 0 N–H and O–H groups in total. The Balaban J connectivity index is 1.19. The van der Waals surface area contributed by atoms with Gasteiger partial charge in [-0.15, -0.1) is 0 Å². The smallest absolute Gasteiger partial charge is 0.338 e. The van der Waals surface area contributed by atoms with E-state index in [-0.39, 0.29) is 12.4 Å². The monoisotopic (exact) mass is 572 g/mol. The van der Waals surface area contributed by atoms with Crippen LogP contribution in [0.4, 0.5) is 0 Å². The van der Waals surface area contributed by atoms with E-state index in [4.69, 9.17) is 18.9 Å². The van der Waals surface area contributed by atoms with Crippen LogP contribution in [0.1, 0.15) is 18.9 Å². The molecule has 0 radical (unpaired) electrons. The largest absolute Gasteiger partial charge is 0.497 e. The summed E-state index contributed by atoms with van der Waals surface area (Å²) in [4.78, 5) is 24.4. The number of fused-ring (bicyclic) bond motifs is 1. The van der Waals surface area contributed by atoms with E-state index in [2.05, 4.69) is 55.1 Å². The highest BCUT2D eigenvalue weighted by molar-refractivity contribution is 5.91. The molecular formula is C37H32O6. The molecule has 6 heteroatoms. The number of hydrogen-bond acceptors (Lipinski definition) is 6. The summed E-state index contributed by atoms with van der Waals surface area (Å²) >= 11 is 0. The molecule has 0 atom stereocenters. The first-order chi connectivity index (χ1) is 20.8. The third-order valence-electron chi connectivity index (χ3n) is 7.08. The summed E-state index contributed by atoms with van der Waals surface area (Å²) in [6.07, 6.45) is 0.623. The van der Waals surface area contributed by atoms with Crippen LogP contribution in [0.2, 0.25) is 0 Å². The third-order valence-corrected chi connectivity index (χ3v) is 7.08. The second-order valence-corrected chi connectivity index (χ2v) is 10.2. The minimum absolute atomic E-state index is 0.180. The summed E-state index contributed by atoms with van der Waals surface area (Å²) < 4.78 is 21.5. The lowest BCUT2D eigenvalue weighted by molar-refractivity contribution is -0.134. The Morgan fingerprint density at radius 2 is 1.16 bits per heavy atom. The lowest BCUT2D eigenvalue weighted by Crippen LogP contribution is -2.10. The minimum atomic E-state index is -0.527. The van der Waals surface area contributed by atoms with Crippen LogP contribution < -0.4 is 18.9 Å². The average Bonchev–Trinajstić information content (AvgIpc) is 3.04. The summed E-state index contributed by atoms with van der Waals surface area (Å²) in [5.74, 6) is 1.15. The van der Waals surface area contributed by atoms with Crippen LogP contribution in [0.25, 0.3) is 33.0 Å². The molecule has 5 aromatic rings. The first-order valence-electron chi connectivity index (χ1n) is 13.9. The molecule has 6 nitrogen and oxygen atoms in total. The summed E-state index contributed by atoms with van der Waals surface area (Å²) in [7, 11) is 3.16. The Labute approximate surface area is 251 Å². The number of benzene rings is 5. The molecule has 0 aromatic heterocycles.